The van der Waals surface area contributed by atoms with E-state index >= 15 is 0 Å². The van der Waals surface area contributed by atoms with Crippen molar-refractivity contribution in [1.82, 2.24) is 0 Å². The summed E-state index contributed by atoms with van der Waals surface area (Å²) in [5, 5.41) is 8.86. The predicted molar refractivity (Wildman–Crippen MR) is 123 cm³/mol. The zero-order chi connectivity index (χ0) is 20.5. The zero-order valence-electron chi connectivity index (χ0n) is 17.5. The van der Waals surface area contributed by atoms with E-state index in [0.717, 1.165) is 42.1 Å². The first kappa shape index (κ1) is 22.6. The van der Waals surface area contributed by atoms with Crippen LogP contribution in [0.2, 0.25) is 0 Å². The van der Waals surface area contributed by atoms with Crippen molar-refractivity contribution >= 4 is 29.5 Å². The minimum atomic E-state index is -0.107. The topological polar surface area (TPSA) is 50.1 Å². The van der Waals surface area contributed by atoms with Crippen molar-refractivity contribution in [2.75, 3.05) is 11.5 Å². The first-order chi connectivity index (χ1) is 14.2. The van der Waals surface area contributed by atoms with Crippen LogP contribution in [0.15, 0.2) is 24.3 Å². The maximum atomic E-state index is 12.5. The highest BCUT2D eigenvalue weighted by atomic mass is 32.2. The number of carbonyl (C=O) groups excluding carboxylic acids is 1. The Hall–Kier alpha value is -1.12. The van der Waals surface area contributed by atoms with Crippen LogP contribution in [0.5, 0.6) is 5.75 Å². The molecule has 29 heavy (non-hydrogen) atoms. The third-order valence-corrected chi connectivity index (χ3v) is 9.72. The third-order valence-electron chi connectivity index (χ3n) is 6.15. The molecule has 158 valence electrons. The van der Waals surface area contributed by atoms with Gasteiger partial charge < -0.3 is 4.74 Å². The number of ether oxygens (including phenoxy) is 1. The molecule has 0 radical (unpaired) electrons. The lowest BCUT2D eigenvalue weighted by Crippen LogP contribution is -2.30. The van der Waals surface area contributed by atoms with Crippen molar-refractivity contribution in [3.63, 3.8) is 0 Å². The molecule has 0 bridgehead atoms. The molecule has 3 rings (SSSR count). The second kappa shape index (κ2) is 11.9. The molecular formula is C24H33NO2S2. The normalized spacial score (nSPS) is 27.2. The van der Waals surface area contributed by atoms with Crippen LogP contribution in [-0.4, -0.2) is 22.1 Å². The number of esters is 1. The van der Waals surface area contributed by atoms with Crippen LogP contribution in [0.4, 0.5) is 0 Å². The Labute approximate surface area is 184 Å². The van der Waals surface area contributed by atoms with Crippen molar-refractivity contribution < 1.29 is 9.53 Å². The van der Waals surface area contributed by atoms with Crippen molar-refractivity contribution in [3.8, 4) is 11.8 Å². The summed E-state index contributed by atoms with van der Waals surface area (Å²) in [6, 6.07) is 8.87. The molecule has 0 N–H and O–H groups in total. The first-order valence-electron chi connectivity index (χ1n) is 11.1. The molecule has 0 amide bonds. The van der Waals surface area contributed by atoms with Gasteiger partial charge in [-0.15, -0.1) is 23.5 Å². The van der Waals surface area contributed by atoms with Crippen LogP contribution in [0.1, 0.15) is 70.3 Å². The first-order valence-corrected chi connectivity index (χ1v) is 13.2. The highest BCUT2D eigenvalue weighted by molar-refractivity contribution is 8.17. The van der Waals surface area contributed by atoms with Crippen LogP contribution in [0, 0.1) is 29.1 Å². The minimum absolute atomic E-state index is 0.0202. The molecule has 0 atom stereocenters. The average molecular weight is 432 g/mol. The van der Waals surface area contributed by atoms with Gasteiger partial charge in [0, 0.05) is 0 Å². The largest absolute Gasteiger partial charge is 0.426 e. The zero-order valence-corrected chi connectivity index (χ0v) is 19.1. The molecule has 0 unspecified atom stereocenters. The van der Waals surface area contributed by atoms with E-state index in [-0.39, 0.29) is 11.9 Å². The molecule has 2 fully saturated rings. The van der Waals surface area contributed by atoms with E-state index in [1.807, 2.05) is 0 Å². The van der Waals surface area contributed by atoms with Gasteiger partial charge in [-0.3, -0.25) is 4.79 Å². The molecule has 1 saturated heterocycles. The molecule has 1 heterocycles. The monoisotopic (exact) mass is 431 g/mol. The fourth-order valence-electron chi connectivity index (χ4n) is 4.28. The van der Waals surface area contributed by atoms with Gasteiger partial charge in [0.2, 0.25) is 0 Å². The van der Waals surface area contributed by atoms with Crippen molar-refractivity contribution in [3.05, 3.63) is 29.8 Å². The Morgan fingerprint density at radius 1 is 1.07 bits per heavy atom. The Kier molecular flexibility index (Phi) is 9.27. The number of rotatable bonds is 8. The van der Waals surface area contributed by atoms with E-state index in [4.69, 9.17) is 10.00 Å². The van der Waals surface area contributed by atoms with E-state index < -0.39 is 0 Å². The van der Waals surface area contributed by atoms with Gasteiger partial charge >= 0.3 is 5.97 Å². The molecule has 1 aliphatic heterocycles. The fourth-order valence-corrected chi connectivity index (χ4v) is 7.87. The van der Waals surface area contributed by atoms with Crippen LogP contribution >= 0.6 is 23.5 Å². The van der Waals surface area contributed by atoms with Gasteiger partial charge in [-0.1, -0.05) is 32.6 Å². The number of benzene rings is 1. The molecule has 2 aliphatic rings. The Balaban J connectivity index is 1.36. The van der Waals surface area contributed by atoms with E-state index in [1.165, 1.54) is 43.6 Å². The standard InChI is InChI=1S/C24H33NO2S2/c1-2-3-4-5-6-19-16-28-24(29-17-19)21-11-9-20(10-12-21)23(26)27-22-13-7-18(15-25)8-14-22/h7-8,13-14,19-21,24H,2-6,9-12,16-17H2,1H3. The van der Waals surface area contributed by atoms with Crippen LogP contribution in [0.3, 0.4) is 0 Å². The molecule has 1 aromatic rings. The predicted octanol–water partition coefficient (Wildman–Crippen LogP) is 6.66. The molecule has 1 saturated carbocycles. The maximum absolute atomic E-state index is 12.5. The highest BCUT2D eigenvalue weighted by Crippen LogP contribution is 2.45. The van der Waals surface area contributed by atoms with Gasteiger partial charge in [0.15, 0.2) is 0 Å². The molecule has 1 aliphatic carbocycles. The van der Waals surface area contributed by atoms with Gasteiger partial charge in [0.05, 0.1) is 22.1 Å². The number of hydrogen-bond acceptors (Lipinski definition) is 5. The Bertz CT molecular complexity index is 669. The summed E-state index contributed by atoms with van der Waals surface area (Å²) in [6.45, 7) is 2.28. The second-order valence-electron chi connectivity index (χ2n) is 8.42. The van der Waals surface area contributed by atoms with Gasteiger partial charge in [0.1, 0.15) is 5.75 Å². The van der Waals surface area contributed by atoms with Crippen LogP contribution in [0.25, 0.3) is 0 Å². The molecule has 0 aromatic heterocycles. The quantitative estimate of drug-likeness (QED) is 0.261. The third kappa shape index (κ3) is 6.96. The van der Waals surface area contributed by atoms with E-state index in [2.05, 4.69) is 36.5 Å². The second-order valence-corrected chi connectivity index (χ2v) is 11.1. The average Bonchev–Trinajstić information content (AvgIpc) is 2.78. The molecule has 1 aromatic carbocycles. The van der Waals surface area contributed by atoms with Crippen molar-refractivity contribution in [2.45, 2.75) is 69.3 Å². The number of carbonyl (C=O) groups is 1. The number of unbranched alkanes of at least 4 members (excludes halogenated alkanes) is 3. The summed E-state index contributed by atoms with van der Waals surface area (Å²) in [5.74, 6) is 4.74. The summed E-state index contributed by atoms with van der Waals surface area (Å²) in [7, 11) is 0. The lowest BCUT2D eigenvalue weighted by atomic mass is 9.83. The lowest BCUT2D eigenvalue weighted by molar-refractivity contribution is -0.140. The Morgan fingerprint density at radius 3 is 2.38 bits per heavy atom. The number of nitriles is 1. The fraction of sp³-hybridized carbons (Fsp3) is 0.667. The van der Waals surface area contributed by atoms with Gasteiger partial charge in [0.25, 0.3) is 0 Å². The number of nitrogens with zero attached hydrogens (tertiary/aromatic N) is 1. The van der Waals surface area contributed by atoms with Crippen molar-refractivity contribution in [1.29, 1.82) is 5.26 Å². The Morgan fingerprint density at radius 2 is 1.76 bits per heavy atom. The molecular weight excluding hydrogens is 398 g/mol. The summed E-state index contributed by atoms with van der Waals surface area (Å²) in [5.41, 5.74) is 0.580. The van der Waals surface area contributed by atoms with Crippen LogP contribution in [-0.2, 0) is 4.79 Å². The lowest BCUT2D eigenvalue weighted by Gasteiger charge is -2.36. The number of thioether (sulfide) groups is 2. The number of hydrogen-bond donors (Lipinski definition) is 0. The smallest absolute Gasteiger partial charge is 0.314 e. The van der Waals surface area contributed by atoms with Crippen LogP contribution < -0.4 is 4.74 Å². The maximum Gasteiger partial charge on any atom is 0.314 e. The van der Waals surface area contributed by atoms with E-state index in [0.29, 0.717) is 11.3 Å². The summed E-state index contributed by atoms with van der Waals surface area (Å²) >= 11 is 4.36. The van der Waals surface area contributed by atoms with Gasteiger partial charge in [-0.05, 0) is 79.7 Å². The van der Waals surface area contributed by atoms with E-state index in [9.17, 15) is 4.79 Å². The molecule has 3 nitrogen and oxygen atoms in total. The summed E-state index contributed by atoms with van der Waals surface area (Å²) in [6.07, 6.45) is 11.1. The summed E-state index contributed by atoms with van der Waals surface area (Å²) < 4.78 is 6.26. The summed E-state index contributed by atoms with van der Waals surface area (Å²) in [4.78, 5) is 12.5. The van der Waals surface area contributed by atoms with E-state index in [1.54, 1.807) is 24.3 Å². The molecule has 0 spiro atoms. The molecule has 5 heteroatoms. The van der Waals surface area contributed by atoms with Crippen molar-refractivity contribution in [2.24, 2.45) is 17.8 Å². The SMILES string of the molecule is CCCCCCC1CSC(C2CCC(C(=O)Oc3ccc(C#N)cc3)CC2)SC1. The highest BCUT2D eigenvalue weighted by Gasteiger charge is 2.34. The minimum Gasteiger partial charge on any atom is -0.426 e. The van der Waals surface area contributed by atoms with Gasteiger partial charge in [-0.25, -0.2) is 0 Å². The van der Waals surface area contributed by atoms with Gasteiger partial charge in [-0.2, -0.15) is 5.26 Å².